The van der Waals surface area contributed by atoms with Crippen LogP contribution in [0.25, 0.3) is 0 Å². The highest BCUT2D eigenvalue weighted by Gasteiger charge is 2.25. The number of hydrogen-bond acceptors (Lipinski definition) is 3. The Morgan fingerprint density at radius 2 is 2.00 bits per heavy atom. The summed E-state index contributed by atoms with van der Waals surface area (Å²) in [5, 5.41) is 11.0. The van der Waals surface area contributed by atoms with E-state index in [1.165, 1.54) is 5.56 Å². The van der Waals surface area contributed by atoms with Crippen LogP contribution in [0.1, 0.15) is 32.3 Å². The van der Waals surface area contributed by atoms with E-state index in [0.29, 0.717) is 12.8 Å². The maximum atomic E-state index is 12.8. The minimum Gasteiger partial charge on any atom is -0.465 e. The molecule has 1 aromatic rings. The number of hydrogen-bond donors (Lipinski definition) is 2. The van der Waals surface area contributed by atoms with E-state index in [4.69, 9.17) is 9.63 Å². The lowest BCUT2D eigenvalue weighted by Crippen LogP contribution is -2.34. The fourth-order valence-corrected chi connectivity index (χ4v) is 4.96. The summed E-state index contributed by atoms with van der Waals surface area (Å²) in [5.74, 6) is 0. The van der Waals surface area contributed by atoms with Gasteiger partial charge in [-0.25, -0.2) is 4.79 Å². The average Bonchev–Trinajstić information content (AvgIpc) is 2.44. The van der Waals surface area contributed by atoms with Crippen molar-refractivity contribution in [1.82, 2.24) is 5.32 Å². The first-order valence-electron chi connectivity index (χ1n) is 7.71. The minimum atomic E-state index is -2.78. The minimum absolute atomic E-state index is 0.248. The second-order valence-electron chi connectivity index (χ2n) is 5.43. The third-order valence-electron chi connectivity index (χ3n) is 3.34. The molecule has 0 heterocycles. The monoisotopic (exact) mass is 327 g/mol. The lowest BCUT2D eigenvalue weighted by atomic mass is 10.1. The zero-order chi connectivity index (χ0) is 16.4. The lowest BCUT2D eigenvalue weighted by molar-refractivity contribution is 0.191. The summed E-state index contributed by atoms with van der Waals surface area (Å²) in [4.78, 5) is 10.6. The van der Waals surface area contributed by atoms with E-state index in [1.54, 1.807) is 6.92 Å². The molecule has 124 valence electrons. The molecule has 0 saturated heterocycles. The molecule has 0 saturated carbocycles. The molecule has 0 aliphatic heterocycles. The van der Waals surface area contributed by atoms with Crippen molar-refractivity contribution in [3.63, 3.8) is 0 Å². The zero-order valence-corrected chi connectivity index (χ0v) is 14.2. The van der Waals surface area contributed by atoms with Gasteiger partial charge < -0.3 is 14.9 Å². The largest absolute Gasteiger partial charge is 0.465 e. The Hall–Kier alpha value is -1.32. The molecule has 2 unspecified atom stereocenters. The normalized spacial score (nSPS) is 15.0. The summed E-state index contributed by atoms with van der Waals surface area (Å²) in [6, 6.07) is 9.81. The molecule has 0 radical (unpaired) electrons. The molecule has 2 N–H and O–H groups in total. The number of amides is 1. The van der Waals surface area contributed by atoms with E-state index in [9.17, 15) is 9.36 Å². The van der Waals surface area contributed by atoms with Crippen LogP contribution in [0, 0.1) is 0 Å². The second-order valence-corrected chi connectivity index (χ2v) is 8.13. The van der Waals surface area contributed by atoms with Gasteiger partial charge in [-0.2, -0.15) is 0 Å². The summed E-state index contributed by atoms with van der Waals surface area (Å²) in [6.07, 6.45) is 2.36. The van der Waals surface area contributed by atoms with Crippen LogP contribution in [0.5, 0.6) is 0 Å². The van der Waals surface area contributed by atoms with Crippen molar-refractivity contribution in [2.24, 2.45) is 0 Å². The maximum Gasteiger partial charge on any atom is 0.404 e. The fourth-order valence-electron chi connectivity index (χ4n) is 2.44. The quantitative estimate of drug-likeness (QED) is 0.503. The molecule has 0 aliphatic carbocycles. The van der Waals surface area contributed by atoms with Gasteiger partial charge in [0.1, 0.15) is 0 Å². The number of carbonyl (C=O) groups is 1. The van der Waals surface area contributed by atoms with Crippen LogP contribution in [-0.2, 0) is 15.5 Å². The van der Waals surface area contributed by atoms with Crippen molar-refractivity contribution in [2.75, 3.05) is 18.9 Å². The maximum absolute atomic E-state index is 12.8. The number of unbranched alkanes of at least 4 members (excludes halogenated alkanes) is 1. The Morgan fingerprint density at radius 1 is 1.32 bits per heavy atom. The molecule has 0 fully saturated rings. The van der Waals surface area contributed by atoms with Crippen LogP contribution in [0.2, 0.25) is 0 Å². The molecular formula is C16H26NO4P. The van der Waals surface area contributed by atoms with Crippen LogP contribution in [-0.4, -0.2) is 36.2 Å². The predicted octanol–water partition coefficient (Wildman–Crippen LogP) is 3.98. The molecule has 1 amide bonds. The first-order chi connectivity index (χ1) is 10.4. The summed E-state index contributed by atoms with van der Waals surface area (Å²) < 4.78 is 18.2. The molecule has 0 bridgehead atoms. The highest BCUT2D eigenvalue weighted by molar-refractivity contribution is 7.59. The van der Waals surface area contributed by atoms with Gasteiger partial charge in [-0.1, -0.05) is 30.3 Å². The van der Waals surface area contributed by atoms with Crippen molar-refractivity contribution in [1.29, 1.82) is 0 Å². The Labute approximate surface area is 132 Å². The number of aryl methyl sites for hydroxylation is 1. The van der Waals surface area contributed by atoms with E-state index >= 15 is 0 Å². The number of nitrogens with one attached hydrogen (secondary N) is 1. The van der Waals surface area contributed by atoms with Crippen LogP contribution in [0.15, 0.2) is 30.3 Å². The fraction of sp³-hybridized carbons (Fsp3) is 0.562. The Morgan fingerprint density at radius 3 is 2.59 bits per heavy atom. The van der Waals surface area contributed by atoms with Crippen molar-refractivity contribution < 1.29 is 19.0 Å². The molecule has 0 aromatic heterocycles. The summed E-state index contributed by atoms with van der Waals surface area (Å²) >= 11 is 0. The third-order valence-corrected chi connectivity index (χ3v) is 6.17. The van der Waals surface area contributed by atoms with Gasteiger partial charge in [-0.05, 0) is 38.7 Å². The van der Waals surface area contributed by atoms with Crippen molar-refractivity contribution in [2.45, 2.75) is 39.2 Å². The molecule has 22 heavy (non-hydrogen) atoms. The molecule has 2 atom stereocenters. The molecule has 6 heteroatoms. The van der Waals surface area contributed by atoms with Crippen LogP contribution in [0.3, 0.4) is 0 Å². The van der Waals surface area contributed by atoms with Crippen LogP contribution < -0.4 is 5.32 Å². The molecule has 0 spiro atoms. The van der Waals surface area contributed by atoms with E-state index in [2.05, 4.69) is 17.4 Å². The van der Waals surface area contributed by atoms with E-state index in [-0.39, 0.29) is 12.2 Å². The smallest absolute Gasteiger partial charge is 0.404 e. The van der Waals surface area contributed by atoms with Gasteiger partial charge in [0.25, 0.3) is 0 Å². The molecule has 1 aromatic carbocycles. The van der Waals surface area contributed by atoms with E-state index < -0.39 is 13.5 Å². The highest BCUT2D eigenvalue weighted by Crippen LogP contribution is 2.48. The molecule has 0 aliphatic rings. The first kappa shape index (κ1) is 18.7. The Bertz CT molecular complexity index is 492. The number of rotatable bonds is 10. The zero-order valence-electron chi connectivity index (χ0n) is 13.3. The topological polar surface area (TPSA) is 75.6 Å². The van der Waals surface area contributed by atoms with Gasteiger partial charge in [0.05, 0.1) is 6.61 Å². The van der Waals surface area contributed by atoms with E-state index in [1.807, 2.05) is 25.1 Å². The summed E-state index contributed by atoms with van der Waals surface area (Å²) in [7, 11) is -2.78. The van der Waals surface area contributed by atoms with Gasteiger partial charge in [-0.3, -0.25) is 4.57 Å². The SMILES string of the molecule is CCOP(=O)(CCCCc1ccccc1)CC(C)NC(=O)O. The number of carboxylic acid groups (broad SMARTS) is 1. The second kappa shape index (κ2) is 9.65. The lowest BCUT2D eigenvalue weighted by Gasteiger charge is -2.21. The Kier molecular flexibility index (Phi) is 8.21. The molecule has 1 rings (SSSR count). The van der Waals surface area contributed by atoms with Crippen LogP contribution >= 0.6 is 7.37 Å². The van der Waals surface area contributed by atoms with Crippen molar-refractivity contribution in [3.05, 3.63) is 35.9 Å². The van der Waals surface area contributed by atoms with Gasteiger partial charge in [0.2, 0.25) is 7.37 Å². The van der Waals surface area contributed by atoms with Crippen molar-refractivity contribution >= 4 is 13.5 Å². The predicted molar refractivity (Wildman–Crippen MR) is 89.0 cm³/mol. The van der Waals surface area contributed by atoms with Crippen LogP contribution in [0.4, 0.5) is 4.79 Å². The summed E-state index contributed by atoms with van der Waals surface area (Å²) in [5.41, 5.74) is 1.27. The van der Waals surface area contributed by atoms with Gasteiger partial charge in [0, 0.05) is 18.4 Å². The number of benzene rings is 1. The first-order valence-corrected chi connectivity index (χ1v) is 9.70. The highest BCUT2D eigenvalue weighted by atomic mass is 31.2. The molecular weight excluding hydrogens is 301 g/mol. The van der Waals surface area contributed by atoms with Crippen molar-refractivity contribution in [3.8, 4) is 0 Å². The van der Waals surface area contributed by atoms with Gasteiger partial charge in [0.15, 0.2) is 0 Å². The van der Waals surface area contributed by atoms with Gasteiger partial charge >= 0.3 is 6.09 Å². The standard InChI is InChI=1S/C16H26NO4P/c1-3-21-22(20,13-14(2)17-16(18)19)12-8-7-11-15-9-5-4-6-10-15/h4-6,9-10,14,17H,3,7-8,11-13H2,1-2H3,(H,18,19). The third kappa shape index (κ3) is 7.62. The average molecular weight is 327 g/mol. The molecule has 5 nitrogen and oxygen atoms in total. The van der Waals surface area contributed by atoms with E-state index in [0.717, 1.165) is 19.3 Å². The Balaban J connectivity index is 2.42. The summed E-state index contributed by atoms with van der Waals surface area (Å²) in [6.45, 7) is 3.91. The van der Waals surface area contributed by atoms with Gasteiger partial charge in [-0.15, -0.1) is 0 Å².